The minimum atomic E-state index is -0.468. The highest BCUT2D eigenvalue weighted by Gasteiger charge is 2.13. The molecule has 2 aromatic rings. The summed E-state index contributed by atoms with van der Waals surface area (Å²) in [5, 5.41) is 14.7. The summed E-state index contributed by atoms with van der Waals surface area (Å²) in [7, 11) is 0. The van der Waals surface area contributed by atoms with Crippen molar-refractivity contribution in [3.05, 3.63) is 59.7 Å². The molecule has 0 saturated carbocycles. The van der Waals surface area contributed by atoms with Gasteiger partial charge in [-0.2, -0.15) is 5.26 Å². The van der Waals surface area contributed by atoms with Gasteiger partial charge in [-0.15, -0.1) is 0 Å². The summed E-state index contributed by atoms with van der Waals surface area (Å²) in [5.74, 6) is -0.689. The van der Waals surface area contributed by atoms with Crippen molar-refractivity contribution in [2.24, 2.45) is 0 Å². The van der Waals surface area contributed by atoms with Gasteiger partial charge in [-0.05, 0) is 37.3 Å². The lowest BCUT2D eigenvalue weighted by molar-refractivity contribution is -0.115. The van der Waals surface area contributed by atoms with Gasteiger partial charge in [-0.3, -0.25) is 4.79 Å². The summed E-state index contributed by atoms with van der Waals surface area (Å²) in [4.78, 5) is 24.0. The molecule has 2 aromatic carbocycles. The molecular formula is C19H19N3O3. The molecular weight excluding hydrogens is 318 g/mol. The number of rotatable bonds is 7. The largest absolute Gasteiger partial charge is 0.462 e. The number of para-hydroxylation sites is 1. The smallest absolute Gasteiger partial charge is 0.340 e. The van der Waals surface area contributed by atoms with Crippen molar-refractivity contribution in [1.29, 1.82) is 5.26 Å². The van der Waals surface area contributed by atoms with Crippen LogP contribution in [0.1, 0.15) is 29.3 Å². The number of nitrogens with one attached hydrogen (secondary N) is 2. The molecule has 6 nitrogen and oxygen atoms in total. The van der Waals surface area contributed by atoms with Crippen LogP contribution in [0, 0.1) is 11.3 Å². The van der Waals surface area contributed by atoms with Crippen LogP contribution in [0.5, 0.6) is 0 Å². The van der Waals surface area contributed by atoms with Gasteiger partial charge in [0.15, 0.2) is 0 Å². The van der Waals surface area contributed by atoms with E-state index >= 15 is 0 Å². The summed E-state index contributed by atoms with van der Waals surface area (Å²) >= 11 is 0. The van der Waals surface area contributed by atoms with Gasteiger partial charge in [-0.1, -0.05) is 18.2 Å². The average molecular weight is 337 g/mol. The maximum absolute atomic E-state index is 12.1. The number of benzene rings is 2. The molecule has 0 bridgehead atoms. The highest BCUT2D eigenvalue weighted by molar-refractivity contribution is 6.01. The zero-order valence-electron chi connectivity index (χ0n) is 13.9. The molecule has 1 amide bonds. The summed E-state index contributed by atoms with van der Waals surface area (Å²) in [6.45, 7) is 2.40. The summed E-state index contributed by atoms with van der Waals surface area (Å²) in [6.07, 6.45) is 0.216. The number of nitriles is 1. The molecule has 2 rings (SSSR count). The SMILES string of the molecule is CCOC(=O)c1ccccc1NC(=O)CCNc1cccc(C#N)c1. The molecule has 0 aliphatic carbocycles. The third kappa shape index (κ3) is 5.36. The lowest BCUT2D eigenvalue weighted by atomic mass is 10.1. The van der Waals surface area contributed by atoms with Gasteiger partial charge >= 0.3 is 5.97 Å². The van der Waals surface area contributed by atoms with Crippen molar-refractivity contribution in [3.63, 3.8) is 0 Å². The van der Waals surface area contributed by atoms with Crippen LogP contribution in [-0.4, -0.2) is 25.0 Å². The minimum Gasteiger partial charge on any atom is -0.462 e. The Morgan fingerprint density at radius 3 is 2.72 bits per heavy atom. The van der Waals surface area contributed by atoms with E-state index < -0.39 is 5.97 Å². The fourth-order valence-corrected chi connectivity index (χ4v) is 2.21. The Bertz CT molecular complexity index is 796. The van der Waals surface area contributed by atoms with Gasteiger partial charge in [0.1, 0.15) is 0 Å². The predicted octanol–water partition coefficient (Wildman–Crippen LogP) is 3.18. The lowest BCUT2D eigenvalue weighted by Gasteiger charge is -2.11. The molecule has 0 aliphatic rings. The fourth-order valence-electron chi connectivity index (χ4n) is 2.21. The lowest BCUT2D eigenvalue weighted by Crippen LogP contribution is -2.18. The second-order valence-corrected chi connectivity index (χ2v) is 5.18. The minimum absolute atomic E-state index is 0.216. The van der Waals surface area contributed by atoms with Crippen LogP contribution >= 0.6 is 0 Å². The third-order valence-corrected chi connectivity index (χ3v) is 3.37. The topological polar surface area (TPSA) is 91.2 Å². The maximum Gasteiger partial charge on any atom is 0.340 e. The van der Waals surface area contributed by atoms with Crippen LogP contribution in [0.25, 0.3) is 0 Å². The van der Waals surface area contributed by atoms with Crippen molar-refractivity contribution < 1.29 is 14.3 Å². The first-order chi connectivity index (χ1) is 12.1. The Kier molecular flexibility index (Phi) is 6.55. The molecule has 0 radical (unpaired) electrons. The monoisotopic (exact) mass is 337 g/mol. The van der Waals surface area contributed by atoms with E-state index in [2.05, 4.69) is 16.7 Å². The number of esters is 1. The van der Waals surface area contributed by atoms with Gasteiger partial charge in [0.2, 0.25) is 5.91 Å². The van der Waals surface area contributed by atoms with Gasteiger partial charge in [0, 0.05) is 18.7 Å². The highest BCUT2D eigenvalue weighted by Crippen LogP contribution is 2.16. The zero-order valence-corrected chi connectivity index (χ0v) is 13.9. The van der Waals surface area contributed by atoms with E-state index in [1.165, 1.54) is 0 Å². The van der Waals surface area contributed by atoms with Crippen LogP contribution in [0.2, 0.25) is 0 Å². The van der Waals surface area contributed by atoms with E-state index in [1.807, 2.05) is 6.07 Å². The Labute approximate surface area is 146 Å². The van der Waals surface area contributed by atoms with E-state index in [0.717, 1.165) is 5.69 Å². The molecule has 128 valence electrons. The third-order valence-electron chi connectivity index (χ3n) is 3.37. The molecule has 0 heterocycles. The number of amides is 1. The number of carbonyl (C=O) groups excluding carboxylic acids is 2. The first kappa shape index (κ1) is 18.0. The first-order valence-electron chi connectivity index (χ1n) is 7.94. The maximum atomic E-state index is 12.1. The van der Waals surface area contributed by atoms with Crippen LogP contribution < -0.4 is 10.6 Å². The molecule has 0 atom stereocenters. The number of nitrogens with zero attached hydrogens (tertiary/aromatic N) is 1. The van der Waals surface area contributed by atoms with Crippen molar-refractivity contribution in [2.75, 3.05) is 23.8 Å². The molecule has 0 aliphatic heterocycles. The second kappa shape index (κ2) is 9.08. The Balaban J connectivity index is 1.90. The van der Waals surface area contributed by atoms with Crippen molar-refractivity contribution in [3.8, 4) is 6.07 Å². The van der Waals surface area contributed by atoms with E-state index in [1.54, 1.807) is 49.4 Å². The van der Waals surface area contributed by atoms with Gasteiger partial charge in [0.05, 0.1) is 29.5 Å². The molecule has 0 aromatic heterocycles. The molecule has 25 heavy (non-hydrogen) atoms. The molecule has 0 saturated heterocycles. The molecule has 2 N–H and O–H groups in total. The van der Waals surface area contributed by atoms with E-state index in [0.29, 0.717) is 23.4 Å². The van der Waals surface area contributed by atoms with Crippen LogP contribution in [0.4, 0.5) is 11.4 Å². The number of ether oxygens (including phenoxy) is 1. The quantitative estimate of drug-likeness (QED) is 0.757. The zero-order chi connectivity index (χ0) is 18.1. The van der Waals surface area contributed by atoms with Crippen molar-refractivity contribution >= 4 is 23.3 Å². The van der Waals surface area contributed by atoms with Crippen LogP contribution in [-0.2, 0) is 9.53 Å². The van der Waals surface area contributed by atoms with Crippen molar-refractivity contribution in [2.45, 2.75) is 13.3 Å². The molecule has 0 spiro atoms. The van der Waals surface area contributed by atoms with Gasteiger partial charge in [-0.25, -0.2) is 4.79 Å². The Hall–Kier alpha value is -3.33. The second-order valence-electron chi connectivity index (χ2n) is 5.18. The van der Waals surface area contributed by atoms with E-state index in [4.69, 9.17) is 10.00 Å². The summed E-state index contributed by atoms with van der Waals surface area (Å²) in [5.41, 5.74) is 2.08. The Morgan fingerprint density at radius 1 is 1.16 bits per heavy atom. The standard InChI is InChI=1S/C19H19N3O3/c1-2-25-19(24)16-8-3-4-9-17(16)22-18(23)10-11-21-15-7-5-6-14(12-15)13-20/h3-9,12,21H,2,10-11H2,1H3,(H,22,23). The van der Waals surface area contributed by atoms with E-state index in [-0.39, 0.29) is 18.9 Å². The van der Waals surface area contributed by atoms with Crippen LogP contribution in [0.3, 0.4) is 0 Å². The number of hydrogen-bond donors (Lipinski definition) is 2. The molecule has 6 heteroatoms. The average Bonchev–Trinajstić information content (AvgIpc) is 2.62. The van der Waals surface area contributed by atoms with E-state index in [9.17, 15) is 9.59 Å². The normalized spacial score (nSPS) is 9.76. The fraction of sp³-hybridized carbons (Fsp3) is 0.211. The summed E-state index contributed by atoms with van der Waals surface area (Å²) in [6, 6.07) is 15.8. The Morgan fingerprint density at radius 2 is 1.96 bits per heavy atom. The highest BCUT2D eigenvalue weighted by atomic mass is 16.5. The van der Waals surface area contributed by atoms with Gasteiger partial charge < -0.3 is 15.4 Å². The van der Waals surface area contributed by atoms with Crippen molar-refractivity contribution in [1.82, 2.24) is 0 Å². The number of carbonyl (C=O) groups is 2. The molecule has 0 fully saturated rings. The number of anilines is 2. The van der Waals surface area contributed by atoms with Gasteiger partial charge in [0.25, 0.3) is 0 Å². The van der Waals surface area contributed by atoms with Crippen LogP contribution in [0.15, 0.2) is 48.5 Å². The number of hydrogen-bond acceptors (Lipinski definition) is 5. The molecule has 0 unspecified atom stereocenters. The summed E-state index contributed by atoms with van der Waals surface area (Å²) < 4.78 is 4.98. The predicted molar refractivity (Wildman–Crippen MR) is 95.3 cm³/mol. The first-order valence-corrected chi connectivity index (χ1v) is 7.94.